The van der Waals surface area contributed by atoms with Crippen LogP contribution in [0.15, 0.2) is 78.9 Å². The van der Waals surface area contributed by atoms with Crippen molar-refractivity contribution in [1.29, 1.82) is 0 Å². The molecule has 43 heavy (non-hydrogen) atoms. The van der Waals surface area contributed by atoms with Crippen LogP contribution >= 0.6 is 0 Å². The summed E-state index contributed by atoms with van der Waals surface area (Å²) < 4.78 is 7.84. The zero-order valence-electron chi connectivity index (χ0n) is 27.4. The quantitative estimate of drug-likeness (QED) is 0.184. The molecule has 3 heterocycles. The maximum absolute atomic E-state index is 2.73. The van der Waals surface area contributed by atoms with Crippen molar-refractivity contribution in [2.75, 3.05) is 0 Å². The van der Waals surface area contributed by atoms with Crippen LogP contribution < -0.4 is 4.57 Å². The first-order chi connectivity index (χ1) is 20.6. The van der Waals surface area contributed by atoms with E-state index in [2.05, 4.69) is 155 Å². The fraction of sp³-hybridized carbons (Fsp3) is 0.375. The van der Waals surface area contributed by atoms with Crippen molar-refractivity contribution in [2.45, 2.75) is 91.0 Å². The van der Waals surface area contributed by atoms with Gasteiger partial charge in [-0.25, -0.2) is 4.57 Å². The van der Waals surface area contributed by atoms with Crippen molar-refractivity contribution in [3.8, 4) is 17.1 Å². The minimum Gasteiger partial charge on any atom is -0.343 e. The smallest absolute Gasteiger partial charge is 0.295 e. The minimum absolute atomic E-state index is 0.00742. The van der Waals surface area contributed by atoms with Gasteiger partial charge in [-0.15, -0.1) is 0 Å². The van der Waals surface area contributed by atoms with Crippen LogP contribution in [0, 0.1) is 0 Å². The summed E-state index contributed by atoms with van der Waals surface area (Å²) in [6, 6.07) is 29.8. The van der Waals surface area contributed by atoms with Gasteiger partial charge in [0.1, 0.15) is 11.2 Å². The third-order valence-electron chi connectivity index (χ3n) is 11.3. The van der Waals surface area contributed by atoms with Crippen molar-refractivity contribution in [1.82, 2.24) is 9.13 Å². The highest BCUT2D eigenvalue weighted by molar-refractivity contribution is 6.10. The molecule has 0 saturated heterocycles. The van der Waals surface area contributed by atoms with Crippen LogP contribution in [0.25, 0.3) is 49.9 Å². The average molecular weight is 569 g/mol. The van der Waals surface area contributed by atoms with Gasteiger partial charge in [-0.05, 0) is 67.5 Å². The zero-order chi connectivity index (χ0) is 30.4. The van der Waals surface area contributed by atoms with Gasteiger partial charge < -0.3 is 4.57 Å². The number of imidazole rings is 1. The monoisotopic (exact) mass is 568 g/mol. The van der Waals surface area contributed by atoms with E-state index in [-0.39, 0.29) is 11.0 Å². The molecule has 3 heteroatoms. The lowest BCUT2D eigenvalue weighted by Crippen LogP contribution is -2.67. The Morgan fingerprint density at radius 3 is 2.07 bits per heavy atom. The highest BCUT2D eigenvalue weighted by atomic mass is 15.2. The van der Waals surface area contributed by atoms with E-state index in [0.717, 1.165) is 12.8 Å². The predicted molar refractivity (Wildman–Crippen MR) is 183 cm³/mol. The van der Waals surface area contributed by atoms with E-state index >= 15 is 0 Å². The number of nitrogens with zero attached hydrogens (tertiary/aromatic N) is 3. The number of aromatic nitrogens is 3. The van der Waals surface area contributed by atoms with E-state index in [1.807, 2.05) is 0 Å². The largest absolute Gasteiger partial charge is 0.343 e. The zero-order valence-corrected chi connectivity index (χ0v) is 27.4. The molecule has 2 unspecified atom stereocenters. The molecule has 2 atom stereocenters. The second-order valence-corrected chi connectivity index (χ2v) is 13.9. The summed E-state index contributed by atoms with van der Waals surface area (Å²) in [5.41, 5.74) is 12.2. The number of benzene rings is 4. The highest BCUT2D eigenvalue weighted by Crippen LogP contribution is 2.52. The molecule has 3 nitrogen and oxygen atoms in total. The molecule has 2 aromatic heterocycles. The SMILES string of the molecule is CCC1(C)c2ccccc2-c2n(-c3c(C(C)C)cc4c5ccccc5n(C)c4c3C(C)C)c3ccccc3[n+]2C1(C)CC. The Morgan fingerprint density at radius 2 is 1.40 bits per heavy atom. The Labute approximate surface area is 256 Å². The lowest BCUT2D eigenvalue weighted by atomic mass is 9.61. The Bertz CT molecular complexity index is 2050. The molecule has 0 spiro atoms. The molecule has 0 saturated carbocycles. The van der Waals surface area contributed by atoms with Crippen molar-refractivity contribution in [3.05, 3.63) is 95.6 Å². The normalized spacial score (nSPS) is 20.1. The highest BCUT2D eigenvalue weighted by Gasteiger charge is 2.56. The van der Waals surface area contributed by atoms with Crippen LogP contribution in [0.5, 0.6) is 0 Å². The van der Waals surface area contributed by atoms with Gasteiger partial charge >= 0.3 is 0 Å². The van der Waals surface area contributed by atoms with Crippen LogP contribution in [-0.2, 0) is 18.0 Å². The van der Waals surface area contributed by atoms with E-state index in [1.54, 1.807) is 0 Å². The second-order valence-electron chi connectivity index (χ2n) is 13.9. The second kappa shape index (κ2) is 9.58. The van der Waals surface area contributed by atoms with Crippen LogP contribution in [0.4, 0.5) is 0 Å². The Balaban J connectivity index is 1.77. The summed E-state index contributed by atoms with van der Waals surface area (Å²) in [5.74, 6) is 2.00. The summed E-state index contributed by atoms with van der Waals surface area (Å²) in [6.45, 7) is 19.2. The van der Waals surface area contributed by atoms with Crippen LogP contribution in [-0.4, -0.2) is 9.13 Å². The molecule has 0 amide bonds. The van der Waals surface area contributed by atoms with Crippen LogP contribution in [0.2, 0.25) is 0 Å². The first-order valence-electron chi connectivity index (χ1n) is 16.3. The summed E-state index contributed by atoms with van der Waals surface area (Å²) >= 11 is 0. The molecule has 0 aliphatic carbocycles. The van der Waals surface area contributed by atoms with Crippen molar-refractivity contribution >= 4 is 32.8 Å². The molecule has 1 aliphatic rings. The van der Waals surface area contributed by atoms with Crippen molar-refractivity contribution in [2.24, 2.45) is 7.05 Å². The lowest BCUT2D eigenvalue weighted by molar-refractivity contribution is -0.743. The maximum Gasteiger partial charge on any atom is 0.295 e. The third-order valence-corrected chi connectivity index (χ3v) is 11.3. The number of fused-ring (bicyclic) bond motifs is 8. The van der Waals surface area contributed by atoms with Crippen LogP contribution in [0.1, 0.15) is 96.8 Å². The minimum atomic E-state index is -0.101. The first-order valence-corrected chi connectivity index (χ1v) is 16.3. The Kier molecular flexibility index (Phi) is 6.22. The van der Waals surface area contributed by atoms with Crippen molar-refractivity contribution < 1.29 is 4.57 Å². The number of para-hydroxylation sites is 3. The van der Waals surface area contributed by atoms with Gasteiger partial charge in [-0.3, -0.25) is 0 Å². The van der Waals surface area contributed by atoms with Gasteiger partial charge in [0.15, 0.2) is 11.0 Å². The van der Waals surface area contributed by atoms with Gasteiger partial charge in [0.2, 0.25) is 0 Å². The van der Waals surface area contributed by atoms with Gasteiger partial charge in [-0.2, -0.15) is 4.57 Å². The summed E-state index contributed by atoms with van der Waals surface area (Å²) in [4.78, 5) is 0. The van der Waals surface area contributed by atoms with E-state index in [1.165, 1.54) is 66.6 Å². The first kappa shape index (κ1) is 28.0. The Hall–Kier alpha value is -3.85. The molecule has 1 aliphatic heterocycles. The Morgan fingerprint density at radius 1 is 0.744 bits per heavy atom. The fourth-order valence-electron chi connectivity index (χ4n) is 8.58. The number of aryl methyl sites for hydroxylation is 1. The van der Waals surface area contributed by atoms with E-state index in [9.17, 15) is 0 Å². The van der Waals surface area contributed by atoms with Gasteiger partial charge in [0, 0.05) is 39.9 Å². The molecular weight excluding hydrogens is 522 g/mol. The van der Waals surface area contributed by atoms with E-state index < -0.39 is 0 Å². The van der Waals surface area contributed by atoms with Crippen molar-refractivity contribution in [3.63, 3.8) is 0 Å². The van der Waals surface area contributed by atoms with E-state index in [0.29, 0.717) is 11.8 Å². The fourth-order valence-corrected chi connectivity index (χ4v) is 8.58. The molecule has 6 aromatic rings. The summed E-state index contributed by atoms with van der Waals surface area (Å²) in [7, 11) is 2.25. The summed E-state index contributed by atoms with van der Waals surface area (Å²) in [5, 5.41) is 2.70. The number of hydrogen-bond acceptors (Lipinski definition) is 0. The maximum atomic E-state index is 2.73. The molecule has 4 aromatic carbocycles. The molecule has 0 fully saturated rings. The summed E-state index contributed by atoms with van der Waals surface area (Å²) in [6.07, 6.45) is 2.13. The predicted octanol–water partition coefficient (Wildman–Crippen LogP) is 10.3. The number of hydrogen-bond donors (Lipinski definition) is 0. The topological polar surface area (TPSA) is 13.7 Å². The third kappa shape index (κ3) is 3.45. The molecule has 0 bridgehead atoms. The molecule has 7 rings (SSSR count). The molecule has 0 N–H and O–H groups in total. The van der Waals surface area contributed by atoms with Gasteiger partial charge in [0.05, 0.1) is 11.1 Å². The number of rotatable bonds is 5. The standard InChI is InChI=1S/C40H46N3/c1-10-39(7)31-20-14-12-19-28(31)38-42(33-22-16-17-23-34(33)43(38)40(39,8)11-2)37-29(25(3)4)24-30-27-18-13-15-21-32(27)41(9)36(30)35(37)26(5)6/h12-26H,10-11H2,1-9H3/q+1. The molecule has 220 valence electrons. The lowest BCUT2D eigenvalue weighted by Gasteiger charge is -2.48. The molecule has 0 radical (unpaired) electrons. The van der Waals surface area contributed by atoms with Gasteiger partial charge in [-0.1, -0.05) is 97.0 Å². The van der Waals surface area contributed by atoms with E-state index in [4.69, 9.17) is 0 Å². The van der Waals surface area contributed by atoms with Crippen LogP contribution in [0.3, 0.4) is 0 Å². The van der Waals surface area contributed by atoms with Gasteiger partial charge in [0.25, 0.3) is 5.82 Å². The molecular formula is C40H46N3+. The average Bonchev–Trinajstić information content (AvgIpc) is 3.51.